The van der Waals surface area contributed by atoms with Gasteiger partial charge in [0.15, 0.2) is 5.75 Å². The molecule has 0 spiro atoms. The van der Waals surface area contributed by atoms with Crippen molar-refractivity contribution in [2.45, 2.75) is 6.92 Å². The van der Waals surface area contributed by atoms with E-state index in [1.165, 1.54) is 0 Å². The van der Waals surface area contributed by atoms with Crippen LogP contribution in [-0.2, 0) is 4.74 Å². The summed E-state index contributed by atoms with van der Waals surface area (Å²) in [6.45, 7) is 2.07. The van der Waals surface area contributed by atoms with Gasteiger partial charge in [0, 0.05) is 6.20 Å². The molecule has 19 heavy (non-hydrogen) atoms. The molecule has 5 nitrogen and oxygen atoms in total. The fraction of sp³-hybridized carbons (Fsp3) is 0.143. The van der Waals surface area contributed by atoms with Crippen LogP contribution < -0.4 is 10.5 Å². The van der Waals surface area contributed by atoms with Gasteiger partial charge >= 0.3 is 5.97 Å². The maximum Gasteiger partial charge on any atom is 0.338 e. The van der Waals surface area contributed by atoms with Gasteiger partial charge < -0.3 is 15.2 Å². The van der Waals surface area contributed by atoms with E-state index in [2.05, 4.69) is 4.98 Å². The van der Waals surface area contributed by atoms with Crippen LogP contribution in [0.25, 0.3) is 0 Å². The van der Waals surface area contributed by atoms with Gasteiger partial charge in [-0.1, -0.05) is 0 Å². The second-order valence-corrected chi connectivity index (χ2v) is 3.76. The van der Waals surface area contributed by atoms with Gasteiger partial charge in [0.05, 0.1) is 24.1 Å². The highest BCUT2D eigenvalue weighted by molar-refractivity contribution is 5.90. The molecule has 0 amide bonds. The Morgan fingerprint density at radius 1 is 1.37 bits per heavy atom. The molecule has 0 bridgehead atoms. The molecule has 0 atom stereocenters. The van der Waals surface area contributed by atoms with Crippen molar-refractivity contribution in [1.29, 1.82) is 0 Å². The van der Waals surface area contributed by atoms with Crippen molar-refractivity contribution in [1.82, 2.24) is 4.98 Å². The van der Waals surface area contributed by atoms with Crippen LogP contribution in [0.3, 0.4) is 0 Å². The fourth-order valence-electron chi connectivity index (χ4n) is 1.50. The molecule has 0 aliphatic rings. The molecule has 0 aliphatic carbocycles. The minimum absolute atomic E-state index is 0.321. The normalized spacial score (nSPS) is 9.95. The Labute approximate surface area is 111 Å². The van der Waals surface area contributed by atoms with Crippen molar-refractivity contribution in [2.24, 2.45) is 0 Å². The van der Waals surface area contributed by atoms with Crippen LogP contribution in [0.5, 0.6) is 11.5 Å². The van der Waals surface area contributed by atoms with Crippen LogP contribution in [-0.4, -0.2) is 17.6 Å². The first-order chi connectivity index (χ1) is 9.20. The van der Waals surface area contributed by atoms with Crippen LogP contribution in [0.15, 0.2) is 42.7 Å². The van der Waals surface area contributed by atoms with Crippen molar-refractivity contribution >= 4 is 11.7 Å². The maximum atomic E-state index is 11.6. The monoisotopic (exact) mass is 258 g/mol. The molecule has 0 fully saturated rings. The highest BCUT2D eigenvalue weighted by atomic mass is 16.5. The van der Waals surface area contributed by atoms with Crippen molar-refractivity contribution in [3.05, 3.63) is 48.3 Å². The molecule has 1 heterocycles. The summed E-state index contributed by atoms with van der Waals surface area (Å²) in [6, 6.07) is 8.27. The number of nitrogens with zero attached hydrogens (tertiary/aromatic N) is 1. The number of carbonyl (C=O) groups excluding carboxylic acids is 1. The Kier molecular flexibility index (Phi) is 3.97. The Morgan fingerprint density at radius 2 is 2.21 bits per heavy atom. The highest BCUT2D eigenvalue weighted by Crippen LogP contribution is 2.28. The molecule has 98 valence electrons. The third-order valence-electron chi connectivity index (χ3n) is 2.39. The van der Waals surface area contributed by atoms with E-state index in [1.807, 2.05) is 0 Å². The molecule has 1 aromatic heterocycles. The lowest BCUT2D eigenvalue weighted by atomic mass is 10.2. The van der Waals surface area contributed by atoms with E-state index in [9.17, 15) is 4.79 Å². The number of esters is 1. The zero-order chi connectivity index (χ0) is 13.7. The molecular formula is C14H14N2O3. The Bertz CT molecular complexity index is 570. The second kappa shape index (κ2) is 5.86. The molecule has 2 aromatic rings. The van der Waals surface area contributed by atoms with Gasteiger partial charge in [0.1, 0.15) is 5.75 Å². The third-order valence-corrected chi connectivity index (χ3v) is 2.39. The van der Waals surface area contributed by atoms with E-state index >= 15 is 0 Å². The number of pyridine rings is 1. The number of carbonyl (C=O) groups is 1. The van der Waals surface area contributed by atoms with Crippen LogP contribution in [0.1, 0.15) is 17.3 Å². The first-order valence-corrected chi connectivity index (χ1v) is 5.85. The summed E-state index contributed by atoms with van der Waals surface area (Å²) in [7, 11) is 0. The summed E-state index contributed by atoms with van der Waals surface area (Å²) in [5.41, 5.74) is 6.65. The average Bonchev–Trinajstić information content (AvgIpc) is 2.42. The Balaban J connectivity index is 2.25. The van der Waals surface area contributed by atoms with Gasteiger partial charge in [-0.15, -0.1) is 0 Å². The van der Waals surface area contributed by atoms with Crippen molar-refractivity contribution < 1.29 is 14.3 Å². The summed E-state index contributed by atoms with van der Waals surface area (Å²) >= 11 is 0. The van der Waals surface area contributed by atoms with E-state index < -0.39 is 5.97 Å². The van der Waals surface area contributed by atoms with Gasteiger partial charge in [-0.3, -0.25) is 4.98 Å². The summed E-state index contributed by atoms with van der Waals surface area (Å²) in [6.07, 6.45) is 3.21. The summed E-state index contributed by atoms with van der Waals surface area (Å²) in [5.74, 6) is 0.548. The SMILES string of the molecule is CCOC(=O)c1ccc(N)c(Oc2cccnc2)c1. The molecule has 0 radical (unpaired) electrons. The standard InChI is InChI=1S/C14H14N2O3/c1-2-18-14(17)10-5-6-12(15)13(8-10)19-11-4-3-7-16-9-11/h3-9H,2,15H2,1H3. The molecule has 2 rings (SSSR count). The predicted octanol–water partition coefficient (Wildman–Crippen LogP) is 2.63. The zero-order valence-corrected chi connectivity index (χ0v) is 10.5. The maximum absolute atomic E-state index is 11.6. The largest absolute Gasteiger partial charge is 0.462 e. The van der Waals surface area contributed by atoms with E-state index in [0.29, 0.717) is 29.4 Å². The molecule has 0 saturated carbocycles. The van der Waals surface area contributed by atoms with Crippen molar-refractivity contribution in [2.75, 3.05) is 12.3 Å². The number of anilines is 1. The van der Waals surface area contributed by atoms with Gasteiger partial charge in [-0.2, -0.15) is 0 Å². The number of aromatic nitrogens is 1. The average molecular weight is 258 g/mol. The van der Waals surface area contributed by atoms with Crippen LogP contribution in [0.4, 0.5) is 5.69 Å². The van der Waals surface area contributed by atoms with Crippen molar-refractivity contribution in [3.63, 3.8) is 0 Å². The number of ether oxygens (including phenoxy) is 2. The fourth-order valence-corrected chi connectivity index (χ4v) is 1.50. The number of hydrogen-bond donors (Lipinski definition) is 1. The smallest absolute Gasteiger partial charge is 0.338 e. The lowest BCUT2D eigenvalue weighted by molar-refractivity contribution is 0.0526. The van der Waals surface area contributed by atoms with E-state index in [4.69, 9.17) is 15.2 Å². The van der Waals surface area contributed by atoms with Gasteiger partial charge in [-0.05, 0) is 37.3 Å². The minimum Gasteiger partial charge on any atom is -0.462 e. The number of rotatable bonds is 4. The van der Waals surface area contributed by atoms with Gasteiger partial charge in [0.25, 0.3) is 0 Å². The molecule has 0 saturated heterocycles. The molecule has 1 aromatic carbocycles. The zero-order valence-electron chi connectivity index (χ0n) is 10.5. The van der Waals surface area contributed by atoms with E-state index in [1.54, 1.807) is 49.6 Å². The lowest BCUT2D eigenvalue weighted by Crippen LogP contribution is -2.05. The van der Waals surface area contributed by atoms with Gasteiger partial charge in [0.2, 0.25) is 0 Å². The highest BCUT2D eigenvalue weighted by Gasteiger charge is 2.10. The Morgan fingerprint density at radius 3 is 2.89 bits per heavy atom. The summed E-state index contributed by atoms with van der Waals surface area (Å²) in [5, 5.41) is 0. The molecule has 0 unspecified atom stereocenters. The number of nitrogens with two attached hydrogens (primary N) is 1. The molecule has 0 aliphatic heterocycles. The van der Waals surface area contributed by atoms with Crippen LogP contribution in [0.2, 0.25) is 0 Å². The predicted molar refractivity (Wildman–Crippen MR) is 71.1 cm³/mol. The van der Waals surface area contributed by atoms with Crippen LogP contribution >= 0.6 is 0 Å². The molecule has 2 N–H and O–H groups in total. The number of benzene rings is 1. The second-order valence-electron chi connectivity index (χ2n) is 3.76. The first-order valence-electron chi connectivity index (χ1n) is 5.85. The van der Waals surface area contributed by atoms with Gasteiger partial charge in [-0.25, -0.2) is 4.79 Å². The minimum atomic E-state index is -0.404. The quantitative estimate of drug-likeness (QED) is 0.674. The lowest BCUT2D eigenvalue weighted by Gasteiger charge is -2.09. The molecular weight excluding hydrogens is 244 g/mol. The topological polar surface area (TPSA) is 74.4 Å². The number of nitrogen functional groups attached to an aromatic ring is 1. The van der Waals surface area contributed by atoms with Crippen LogP contribution in [0, 0.1) is 0 Å². The van der Waals surface area contributed by atoms with Crippen molar-refractivity contribution in [3.8, 4) is 11.5 Å². The third kappa shape index (κ3) is 3.22. The summed E-state index contributed by atoms with van der Waals surface area (Å²) < 4.78 is 10.5. The first kappa shape index (κ1) is 12.9. The Hall–Kier alpha value is -2.56. The van der Waals surface area contributed by atoms with E-state index in [0.717, 1.165) is 0 Å². The molecule has 5 heteroatoms. The summed E-state index contributed by atoms with van der Waals surface area (Å²) in [4.78, 5) is 15.6. The number of hydrogen-bond acceptors (Lipinski definition) is 5. The van der Waals surface area contributed by atoms with E-state index in [-0.39, 0.29) is 0 Å².